The van der Waals surface area contributed by atoms with E-state index >= 15 is 0 Å². The number of halogens is 2. The third-order valence-electron chi connectivity index (χ3n) is 3.00. The summed E-state index contributed by atoms with van der Waals surface area (Å²) in [6, 6.07) is 6.69. The van der Waals surface area contributed by atoms with Crippen LogP contribution in [-0.4, -0.2) is 23.4 Å². The molecular formula is C15H11ClFN3O5. The number of nitrogen functional groups attached to an aromatic ring is 1. The minimum atomic E-state index is -0.937. The highest BCUT2D eigenvalue weighted by atomic mass is 35.5. The van der Waals surface area contributed by atoms with E-state index in [0.29, 0.717) is 0 Å². The summed E-state index contributed by atoms with van der Waals surface area (Å²) >= 11 is 5.74. The number of esters is 1. The molecule has 0 heterocycles. The molecule has 1 amide bonds. The summed E-state index contributed by atoms with van der Waals surface area (Å²) in [6.45, 7) is -0.723. The van der Waals surface area contributed by atoms with Gasteiger partial charge in [-0.25, -0.2) is 9.18 Å². The summed E-state index contributed by atoms with van der Waals surface area (Å²) < 4.78 is 17.7. The molecule has 2 aromatic rings. The number of hydrogen-bond acceptors (Lipinski definition) is 6. The van der Waals surface area contributed by atoms with E-state index in [2.05, 4.69) is 5.32 Å². The number of nitrogens with zero attached hydrogens (tertiary/aromatic N) is 1. The van der Waals surface area contributed by atoms with Crippen LogP contribution in [0.15, 0.2) is 36.4 Å². The third-order valence-corrected chi connectivity index (χ3v) is 3.23. The molecule has 0 radical (unpaired) electrons. The fourth-order valence-corrected chi connectivity index (χ4v) is 2.05. The molecule has 130 valence electrons. The number of rotatable bonds is 5. The summed E-state index contributed by atoms with van der Waals surface area (Å²) in [5.74, 6) is -2.38. The van der Waals surface area contributed by atoms with Gasteiger partial charge >= 0.3 is 5.97 Å². The first-order chi connectivity index (χ1) is 11.8. The summed E-state index contributed by atoms with van der Waals surface area (Å²) in [4.78, 5) is 33.9. The first-order valence-electron chi connectivity index (χ1n) is 6.74. The van der Waals surface area contributed by atoms with Gasteiger partial charge in [0.2, 0.25) is 0 Å². The highest BCUT2D eigenvalue weighted by Gasteiger charge is 2.18. The molecular weight excluding hydrogens is 357 g/mol. The Morgan fingerprint density at radius 3 is 2.64 bits per heavy atom. The zero-order valence-electron chi connectivity index (χ0n) is 12.5. The van der Waals surface area contributed by atoms with Gasteiger partial charge in [0, 0.05) is 16.8 Å². The van der Waals surface area contributed by atoms with Crippen molar-refractivity contribution in [2.24, 2.45) is 0 Å². The molecule has 25 heavy (non-hydrogen) atoms. The Morgan fingerprint density at radius 2 is 2.00 bits per heavy atom. The maximum atomic E-state index is 12.9. The van der Waals surface area contributed by atoms with E-state index < -0.39 is 29.2 Å². The molecule has 0 aromatic heterocycles. The van der Waals surface area contributed by atoms with Gasteiger partial charge in [-0.2, -0.15) is 0 Å². The quantitative estimate of drug-likeness (QED) is 0.362. The Hall–Kier alpha value is -3.20. The molecule has 0 fully saturated rings. The van der Waals surface area contributed by atoms with E-state index in [-0.39, 0.29) is 27.6 Å². The molecule has 8 nitrogen and oxygen atoms in total. The lowest BCUT2D eigenvalue weighted by molar-refractivity contribution is -0.383. The molecule has 0 saturated carbocycles. The second-order valence-electron chi connectivity index (χ2n) is 4.77. The van der Waals surface area contributed by atoms with Crippen LogP contribution in [0, 0.1) is 15.9 Å². The Balaban J connectivity index is 2.03. The van der Waals surface area contributed by atoms with E-state index in [1.54, 1.807) is 0 Å². The van der Waals surface area contributed by atoms with Crippen molar-refractivity contribution < 1.29 is 23.6 Å². The lowest BCUT2D eigenvalue weighted by Crippen LogP contribution is -2.21. The van der Waals surface area contributed by atoms with Crippen molar-refractivity contribution in [3.05, 3.63) is 62.9 Å². The average molecular weight is 368 g/mol. The highest BCUT2D eigenvalue weighted by molar-refractivity contribution is 6.31. The first-order valence-corrected chi connectivity index (χ1v) is 7.11. The highest BCUT2D eigenvalue weighted by Crippen LogP contribution is 2.27. The van der Waals surface area contributed by atoms with Gasteiger partial charge < -0.3 is 15.8 Å². The maximum absolute atomic E-state index is 12.9. The predicted octanol–water partition coefficient (Wildman–Crippen LogP) is 2.77. The summed E-state index contributed by atoms with van der Waals surface area (Å²) in [5.41, 5.74) is 4.73. The van der Waals surface area contributed by atoms with Crippen LogP contribution in [0.5, 0.6) is 0 Å². The normalized spacial score (nSPS) is 10.2. The third kappa shape index (κ3) is 4.64. The number of nitrogens with one attached hydrogen (secondary N) is 1. The zero-order chi connectivity index (χ0) is 18.6. The number of benzene rings is 2. The molecule has 0 spiro atoms. The van der Waals surface area contributed by atoms with Crippen molar-refractivity contribution in [3.63, 3.8) is 0 Å². The van der Waals surface area contributed by atoms with Crippen molar-refractivity contribution in [3.8, 4) is 0 Å². The van der Waals surface area contributed by atoms with E-state index in [4.69, 9.17) is 22.1 Å². The molecule has 0 aliphatic carbocycles. The number of nitro benzene ring substituents is 1. The van der Waals surface area contributed by atoms with Gasteiger partial charge in [0.1, 0.15) is 11.5 Å². The molecule has 0 saturated heterocycles. The molecule has 2 aromatic carbocycles. The van der Waals surface area contributed by atoms with Crippen LogP contribution >= 0.6 is 11.6 Å². The van der Waals surface area contributed by atoms with Crippen LogP contribution in [0.4, 0.5) is 21.5 Å². The van der Waals surface area contributed by atoms with Crippen LogP contribution in [0.2, 0.25) is 5.02 Å². The topological polar surface area (TPSA) is 125 Å². The van der Waals surface area contributed by atoms with Gasteiger partial charge in [0.25, 0.3) is 11.6 Å². The summed E-state index contributed by atoms with van der Waals surface area (Å²) in [5, 5.41) is 13.3. The fraction of sp³-hybridized carbons (Fsp3) is 0.0667. The summed E-state index contributed by atoms with van der Waals surface area (Å²) in [7, 11) is 0. The predicted molar refractivity (Wildman–Crippen MR) is 87.8 cm³/mol. The number of amides is 1. The van der Waals surface area contributed by atoms with E-state index in [0.717, 1.165) is 24.3 Å². The number of hydrogen-bond donors (Lipinski definition) is 2. The van der Waals surface area contributed by atoms with Crippen molar-refractivity contribution in [1.82, 2.24) is 0 Å². The number of nitrogens with two attached hydrogens (primary N) is 1. The lowest BCUT2D eigenvalue weighted by Gasteiger charge is -2.08. The van der Waals surface area contributed by atoms with Crippen LogP contribution in [0.1, 0.15) is 10.4 Å². The minimum absolute atomic E-state index is 0.108. The Labute approximate surface area is 145 Å². The number of carbonyl (C=O) groups is 2. The second kappa shape index (κ2) is 7.58. The smallest absolute Gasteiger partial charge is 0.340 e. The van der Waals surface area contributed by atoms with Gasteiger partial charge in [-0.05, 0) is 30.3 Å². The Bertz CT molecular complexity index is 859. The van der Waals surface area contributed by atoms with Gasteiger partial charge in [-0.1, -0.05) is 11.6 Å². The molecule has 10 heteroatoms. The number of ether oxygens (including phenoxy) is 1. The molecule has 0 aliphatic rings. The molecule has 0 atom stereocenters. The number of carbonyl (C=O) groups excluding carboxylic acids is 2. The van der Waals surface area contributed by atoms with Crippen LogP contribution in [0.25, 0.3) is 0 Å². The van der Waals surface area contributed by atoms with Crippen molar-refractivity contribution in [2.45, 2.75) is 0 Å². The SMILES string of the molecule is Nc1cc(F)ccc1C(=O)OCC(=O)Nc1cc(Cl)ccc1[N+](=O)[O-]. The minimum Gasteiger partial charge on any atom is -0.452 e. The van der Waals surface area contributed by atoms with Crippen LogP contribution in [0.3, 0.4) is 0 Å². The van der Waals surface area contributed by atoms with E-state index in [9.17, 15) is 24.1 Å². The van der Waals surface area contributed by atoms with Crippen molar-refractivity contribution in [1.29, 1.82) is 0 Å². The summed E-state index contributed by atoms with van der Waals surface area (Å²) in [6.07, 6.45) is 0. The first kappa shape index (κ1) is 18.1. The zero-order valence-corrected chi connectivity index (χ0v) is 13.2. The van der Waals surface area contributed by atoms with Gasteiger partial charge in [-0.3, -0.25) is 14.9 Å². The van der Waals surface area contributed by atoms with Crippen LogP contribution in [-0.2, 0) is 9.53 Å². The largest absolute Gasteiger partial charge is 0.452 e. The Kier molecular flexibility index (Phi) is 5.50. The molecule has 0 aliphatic heterocycles. The van der Waals surface area contributed by atoms with E-state index in [1.807, 2.05) is 0 Å². The molecule has 2 rings (SSSR count). The molecule has 0 bridgehead atoms. The van der Waals surface area contributed by atoms with Crippen molar-refractivity contribution >= 4 is 40.5 Å². The average Bonchev–Trinajstić information content (AvgIpc) is 2.52. The molecule has 0 unspecified atom stereocenters. The van der Waals surface area contributed by atoms with Crippen molar-refractivity contribution in [2.75, 3.05) is 17.7 Å². The van der Waals surface area contributed by atoms with E-state index in [1.165, 1.54) is 12.1 Å². The monoisotopic (exact) mass is 367 g/mol. The van der Waals surface area contributed by atoms with Gasteiger partial charge in [0.05, 0.1) is 10.5 Å². The second-order valence-corrected chi connectivity index (χ2v) is 5.21. The standard InChI is InChI=1S/C15H11ClFN3O5/c16-8-1-4-13(20(23)24)12(5-8)19-14(21)7-25-15(22)10-3-2-9(17)6-11(10)18/h1-6H,7,18H2,(H,19,21). The van der Waals surface area contributed by atoms with Gasteiger partial charge in [-0.15, -0.1) is 0 Å². The Morgan fingerprint density at radius 1 is 1.28 bits per heavy atom. The fourth-order valence-electron chi connectivity index (χ4n) is 1.88. The number of nitro groups is 1. The molecule has 3 N–H and O–H groups in total. The maximum Gasteiger partial charge on any atom is 0.340 e. The lowest BCUT2D eigenvalue weighted by atomic mass is 10.2. The number of anilines is 2. The van der Waals surface area contributed by atoms with Gasteiger partial charge in [0.15, 0.2) is 6.61 Å². The van der Waals surface area contributed by atoms with Crippen LogP contribution < -0.4 is 11.1 Å².